The summed E-state index contributed by atoms with van der Waals surface area (Å²) in [6.07, 6.45) is 21.9. The molecule has 0 aliphatic heterocycles. The molecule has 0 heterocycles. The van der Waals surface area contributed by atoms with Crippen molar-refractivity contribution in [3.05, 3.63) is 23.9 Å². The first-order chi connectivity index (χ1) is 15.5. The standard InChI is InChI=1S/C28H38N2O2/c31-25(27-11-17-5-18(12-27)7-19(6-17)13-27)29-23-1-2-24(4-3-23)30-26(32)28-14-20-8-21(15-28)10-22(9-20)16-28/h1-3,17-22,24H,4-16H2,(H,29,31)(H,30,32). The second kappa shape index (κ2) is 6.96. The van der Waals surface area contributed by atoms with Crippen LogP contribution in [-0.2, 0) is 9.59 Å². The second-order valence-electron chi connectivity index (χ2n) is 13.2. The van der Waals surface area contributed by atoms with Gasteiger partial charge in [-0.15, -0.1) is 0 Å². The molecule has 0 aromatic rings. The summed E-state index contributed by atoms with van der Waals surface area (Å²) in [5, 5.41) is 6.66. The molecule has 0 aromatic carbocycles. The molecule has 1 unspecified atom stereocenters. The molecule has 0 radical (unpaired) electrons. The van der Waals surface area contributed by atoms with Crippen LogP contribution in [0.4, 0.5) is 0 Å². The molecular formula is C28H38N2O2. The number of nitrogens with one attached hydrogen (secondary N) is 2. The number of rotatable bonds is 4. The normalized spacial score (nSPS) is 49.8. The Bertz CT molecular complexity index is 829. The molecule has 4 heteroatoms. The van der Waals surface area contributed by atoms with Crippen LogP contribution in [0.5, 0.6) is 0 Å². The molecule has 9 aliphatic rings. The highest BCUT2D eigenvalue weighted by Crippen LogP contribution is 2.61. The van der Waals surface area contributed by atoms with E-state index in [9.17, 15) is 9.59 Å². The molecule has 8 saturated carbocycles. The lowest BCUT2D eigenvalue weighted by atomic mass is 9.49. The summed E-state index contributed by atoms with van der Waals surface area (Å²) < 4.78 is 0. The first-order valence-electron chi connectivity index (χ1n) is 13.5. The van der Waals surface area contributed by atoms with E-state index in [2.05, 4.69) is 22.8 Å². The number of allylic oxidation sites excluding steroid dienone is 1. The van der Waals surface area contributed by atoms with Crippen molar-refractivity contribution in [3.8, 4) is 0 Å². The van der Waals surface area contributed by atoms with Crippen molar-refractivity contribution in [1.82, 2.24) is 10.6 Å². The van der Waals surface area contributed by atoms with E-state index in [1.165, 1.54) is 38.5 Å². The third kappa shape index (κ3) is 3.15. The van der Waals surface area contributed by atoms with Gasteiger partial charge in [0.1, 0.15) is 0 Å². The lowest BCUT2D eigenvalue weighted by molar-refractivity contribution is -0.147. The van der Waals surface area contributed by atoms with E-state index in [1.54, 1.807) is 0 Å². The van der Waals surface area contributed by atoms with Crippen LogP contribution in [-0.4, -0.2) is 17.9 Å². The molecule has 4 nitrogen and oxygen atoms in total. The maximum Gasteiger partial charge on any atom is 0.230 e. The molecule has 9 rings (SSSR count). The molecule has 0 spiro atoms. The van der Waals surface area contributed by atoms with Gasteiger partial charge >= 0.3 is 0 Å². The van der Waals surface area contributed by atoms with Crippen molar-refractivity contribution in [2.45, 2.75) is 89.5 Å². The van der Waals surface area contributed by atoms with Gasteiger partial charge in [-0.3, -0.25) is 9.59 Å². The Morgan fingerprint density at radius 1 is 0.688 bits per heavy atom. The number of carbonyl (C=O) groups is 2. The van der Waals surface area contributed by atoms with Gasteiger partial charge in [0.2, 0.25) is 11.8 Å². The first kappa shape index (κ1) is 19.9. The Balaban J connectivity index is 0.973. The monoisotopic (exact) mass is 434 g/mol. The van der Waals surface area contributed by atoms with Crippen LogP contribution in [0.15, 0.2) is 23.9 Å². The molecule has 32 heavy (non-hydrogen) atoms. The molecule has 2 N–H and O–H groups in total. The number of amides is 2. The molecule has 1 atom stereocenters. The van der Waals surface area contributed by atoms with Gasteiger partial charge in [-0.25, -0.2) is 0 Å². The van der Waals surface area contributed by atoms with Gasteiger partial charge in [0.05, 0.1) is 11.5 Å². The van der Waals surface area contributed by atoms with Crippen molar-refractivity contribution < 1.29 is 9.59 Å². The van der Waals surface area contributed by atoms with Crippen molar-refractivity contribution in [2.75, 3.05) is 0 Å². The Hall–Kier alpha value is -1.58. The van der Waals surface area contributed by atoms with Gasteiger partial charge in [-0.2, -0.15) is 0 Å². The zero-order valence-electron chi connectivity index (χ0n) is 19.3. The smallest absolute Gasteiger partial charge is 0.230 e. The maximum atomic E-state index is 13.3. The summed E-state index contributed by atoms with van der Waals surface area (Å²) in [7, 11) is 0. The quantitative estimate of drug-likeness (QED) is 0.664. The van der Waals surface area contributed by atoms with E-state index in [-0.39, 0.29) is 22.8 Å². The Kier molecular flexibility index (Phi) is 4.32. The lowest BCUT2D eigenvalue weighted by Crippen LogP contribution is -2.55. The van der Waals surface area contributed by atoms with Crippen LogP contribution < -0.4 is 10.6 Å². The zero-order valence-corrected chi connectivity index (χ0v) is 19.3. The summed E-state index contributed by atoms with van der Waals surface area (Å²) in [4.78, 5) is 26.7. The summed E-state index contributed by atoms with van der Waals surface area (Å²) >= 11 is 0. The first-order valence-corrected chi connectivity index (χ1v) is 13.5. The number of carbonyl (C=O) groups excluding carboxylic acids is 2. The van der Waals surface area contributed by atoms with Crippen LogP contribution in [0.3, 0.4) is 0 Å². The fourth-order valence-corrected chi connectivity index (χ4v) is 10.2. The predicted octanol–water partition coefficient (Wildman–Crippen LogP) is 4.86. The molecule has 0 saturated heterocycles. The highest BCUT2D eigenvalue weighted by molar-refractivity contribution is 5.85. The minimum absolute atomic E-state index is 0.0655. The highest BCUT2D eigenvalue weighted by atomic mass is 16.2. The van der Waals surface area contributed by atoms with Crippen molar-refractivity contribution >= 4 is 11.8 Å². The van der Waals surface area contributed by atoms with E-state index in [0.29, 0.717) is 5.91 Å². The summed E-state index contributed by atoms with van der Waals surface area (Å²) in [6.45, 7) is 0. The molecule has 0 aromatic heterocycles. The zero-order chi connectivity index (χ0) is 21.5. The lowest BCUT2D eigenvalue weighted by Gasteiger charge is -2.56. The molecule has 8 bridgehead atoms. The van der Waals surface area contributed by atoms with E-state index in [1.807, 2.05) is 6.08 Å². The Morgan fingerprint density at radius 3 is 1.53 bits per heavy atom. The van der Waals surface area contributed by atoms with Crippen LogP contribution in [0.25, 0.3) is 0 Å². The van der Waals surface area contributed by atoms with E-state index >= 15 is 0 Å². The Morgan fingerprint density at radius 2 is 1.12 bits per heavy atom. The van der Waals surface area contributed by atoms with Crippen LogP contribution >= 0.6 is 0 Å². The summed E-state index contributed by atoms with van der Waals surface area (Å²) in [5.74, 6) is 5.30. The molecule has 9 aliphatic carbocycles. The third-order valence-corrected chi connectivity index (χ3v) is 10.7. The van der Waals surface area contributed by atoms with Crippen molar-refractivity contribution in [2.24, 2.45) is 46.3 Å². The Labute approximate surface area is 192 Å². The van der Waals surface area contributed by atoms with Gasteiger partial charge in [-0.1, -0.05) is 12.2 Å². The van der Waals surface area contributed by atoms with E-state index in [4.69, 9.17) is 0 Å². The largest absolute Gasteiger partial charge is 0.349 e. The van der Waals surface area contributed by atoms with Crippen LogP contribution in [0.1, 0.15) is 83.5 Å². The number of hydrogen-bond acceptors (Lipinski definition) is 2. The fraction of sp³-hybridized carbons (Fsp3) is 0.786. The van der Waals surface area contributed by atoms with Crippen molar-refractivity contribution in [3.63, 3.8) is 0 Å². The van der Waals surface area contributed by atoms with Gasteiger partial charge in [-0.05, 0) is 125 Å². The average molecular weight is 435 g/mol. The van der Waals surface area contributed by atoms with Gasteiger partial charge in [0, 0.05) is 11.1 Å². The minimum Gasteiger partial charge on any atom is -0.349 e. The molecular weight excluding hydrogens is 396 g/mol. The fourth-order valence-electron chi connectivity index (χ4n) is 10.2. The second-order valence-corrected chi connectivity index (χ2v) is 13.2. The molecule has 172 valence electrons. The average Bonchev–Trinajstić information content (AvgIpc) is 2.73. The predicted molar refractivity (Wildman–Crippen MR) is 123 cm³/mol. The van der Waals surface area contributed by atoms with Gasteiger partial charge in [0.15, 0.2) is 0 Å². The van der Waals surface area contributed by atoms with Gasteiger partial charge in [0.25, 0.3) is 0 Å². The third-order valence-electron chi connectivity index (χ3n) is 10.7. The van der Waals surface area contributed by atoms with Crippen LogP contribution in [0.2, 0.25) is 0 Å². The SMILES string of the molecule is O=C(NC1=CCC(NC(=O)C23CC4CC(CC(C4)C2)C3)C=C1)C12CC3CC(CC(C3)C1)C2. The number of hydrogen-bond donors (Lipinski definition) is 2. The van der Waals surface area contributed by atoms with E-state index < -0.39 is 0 Å². The van der Waals surface area contributed by atoms with Crippen molar-refractivity contribution in [1.29, 1.82) is 0 Å². The summed E-state index contributed by atoms with van der Waals surface area (Å²) in [6, 6.07) is 0.0655. The van der Waals surface area contributed by atoms with Gasteiger partial charge < -0.3 is 10.6 Å². The highest BCUT2D eigenvalue weighted by Gasteiger charge is 2.56. The summed E-state index contributed by atoms with van der Waals surface area (Å²) in [5.41, 5.74) is 0.748. The molecule has 2 amide bonds. The molecule has 8 fully saturated rings. The van der Waals surface area contributed by atoms with Crippen LogP contribution in [0, 0.1) is 46.3 Å². The maximum absolute atomic E-state index is 13.3. The topological polar surface area (TPSA) is 58.2 Å². The van der Waals surface area contributed by atoms with E-state index in [0.717, 1.165) is 86.2 Å². The minimum atomic E-state index is -0.104.